The van der Waals surface area contributed by atoms with Crippen LogP contribution in [0.15, 0.2) is 34.2 Å². The van der Waals surface area contributed by atoms with Crippen molar-refractivity contribution < 1.29 is 17.9 Å². The molecule has 1 aromatic carbocycles. The van der Waals surface area contributed by atoms with Crippen molar-refractivity contribution in [3.05, 3.63) is 45.4 Å². The Bertz CT molecular complexity index is 984. The first kappa shape index (κ1) is 22.8. The van der Waals surface area contributed by atoms with Crippen molar-refractivity contribution in [2.45, 2.75) is 38.3 Å². The van der Waals surface area contributed by atoms with Crippen LogP contribution in [-0.2, 0) is 21.3 Å². The number of sulfonamides is 1. The highest BCUT2D eigenvalue weighted by atomic mass is 32.2. The van der Waals surface area contributed by atoms with Crippen molar-refractivity contribution in [2.24, 2.45) is 10.1 Å². The summed E-state index contributed by atoms with van der Waals surface area (Å²) >= 11 is 1.29. The zero-order chi connectivity index (χ0) is 21.6. The number of carbonyl (C=O) groups excluding carboxylic acids is 1. The molecule has 0 aliphatic heterocycles. The highest BCUT2D eigenvalue weighted by Crippen LogP contribution is 2.24. The Balaban J connectivity index is 1.99. The van der Waals surface area contributed by atoms with Crippen LogP contribution in [0.1, 0.15) is 45.8 Å². The Morgan fingerprint density at radius 1 is 1.34 bits per heavy atom. The summed E-state index contributed by atoms with van der Waals surface area (Å²) in [7, 11) is -2.07. The summed E-state index contributed by atoms with van der Waals surface area (Å²) in [6.45, 7) is 6.20. The number of guanidine groups is 1. The smallest absolute Gasteiger partial charge is 0.350 e. The lowest BCUT2D eigenvalue weighted by Gasteiger charge is -2.16. The molecular weight excluding hydrogens is 414 g/mol. The molecule has 4 N–H and O–H groups in total. The molecule has 0 saturated carbocycles. The molecule has 1 atom stereocenters. The highest BCUT2D eigenvalue weighted by molar-refractivity contribution is 7.89. The number of ether oxygens (including phenoxy) is 1. The van der Waals surface area contributed by atoms with Crippen LogP contribution >= 0.6 is 11.3 Å². The predicted molar refractivity (Wildman–Crippen MR) is 112 cm³/mol. The minimum absolute atomic E-state index is 0.0638. The number of nitrogens with zero attached hydrogens (tertiary/aromatic N) is 2. The van der Waals surface area contributed by atoms with Crippen LogP contribution in [0.5, 0.6) is 0 Å². The number of esters is 1. The van der Waals surface area contributed by atoms with Crippen LogP contribution in [0, 0.1) is 6.92 Å². The van der Waals surface area contributed by atoms with E-state index in [0.29, 0.717) is 29.7 Å². The number of thiazole rings is 1. The Kier molecular flexibility index (Phi) is 7.71. The number of hydrogen-bond donors (Lipinski definition) is 3. The topological polar surface area (TPSA) is 136 Å². The molecular formula is C18H25N5O4S2. The van der Waals surface area contributed by atoms with E-state index in [1.165, 1.54) is 23.5 Å². The Hall–Kier alpha value is -2.50. The van der Waals surface area contributed by atoms with Gasteiger partial charge in [-0.15, -0.1) is 11.3 Å². The number of benzene rings is 1. The number of carbonyl (C=O) groups is 1. The number of aromatic nitrogens is 1. The van der Waals surface area contributed by atoms with Gasteiger partial charge in [-0.25, -0.2) is 23.3 Å². The van der Waals surface area contributed by atoms with Gasteiger partial charge in [0.05, 0.1) is 23.2 Å². The maximum atomic E-state index is 12.0. The second kappa shape index (κ2) is 9.81. The van der Waals surface area contributed by atoms with E-state index in [1.807, 2.05) is 6.92 Å². The van der Waals surface area contributed by atoms with E-state index in [4.69, 9.17) is 9.88 Å². The average Bonchev–Trinajstić information content (AvgIpc) is 3.06. The fourth-order valence-corrected chi connectivity index (χ4v) is 3.91. The molecule has 9 nitrogen and oxygen atoms in total. The molecule has 2 rings (SSSR count). The van der Waals surface area contributed by atoms with E-state index < -0.39 is 10.0 Å². The molecule has 0 fully saturated rings. The molecule has 1 unspecified atom stereocenters. The van der Waals surface area contributed by atoms with Gasteiger partial charge in [0.1, 0.15) is 9.88 Å². The van der Waals surface area contributed by atoms with Gasteiger partial charge in [0.25, 0.3) is 0 Å². The lowest BCUT2D eigenvalue weighted by molar-refractivity contribution is 0.0531. The molecule has 0 aliphatic carbocycles. The molecule has 158 valence electrons. The third-order valence-electron chi connectivity index (χ3n) is 3.93. The number of primary sulfonamides is 1. The van der Waals surface area contributed by atoms with E-state index in [9.17, 15) is 13.2 Å². The Labute approximate surface area is 174 Å². The van der Waals surface area contributed by atoms with Crippen molar-refractivity contribution >= 4 is 33.3 Å². The maximum absolute atomic E-state index is 12.0. The summed E-state index contributed by atoms with van der Waals surface area (Å²) in [6, 6.07) is 6.09. The largest absolute Gasteiger partial charge is 0.462 e. The zero-order valence-corrected chi connectivity index (χ0v) is 18.4. The molecule has 29 heavy (non-hydrogen) atoms. The average molecular weight is 440 g/mol. The SMILES string of the molecule is CCOC(=O)c1sc(C(C)NC(=NC)NCc2ccc(S(N)(=O)=O)cc2)nc1C. The van der Waals surface area contributed by atoms with Crippen LogP contribution in [0.2, 0.25) is 0 Å². The second-order valence-corrected chi connectivity index (χ2v) is 8.76. The van der Waals surface area contributed by atoms with Gasteiger partial charge in [-0.2, -0.15) is 0 Å². The highest BCUT2D eigenvalue weighted by Gasteiger charge is 2.20. The fraction of sp³-hybridized carbons (Fsp3) is 0.389. The van der Waals surface area contributed by atoms with E-state index in [-0.39, 0.29) is 16.9 Å². The zero-order valence-electron chi connectivity index (χ0n) is 16.7. The van der Waals surface area contributed by atoms with Crippen LogP contribution in [0.4, 0.5) is 0 Å². The monoisotopic (exact) mass is 439 g/mol. The molecule has 0 bridgehead atoms. The molecule has 11 heteroatoms. The summed E-state index contributed by atoms with van der Waals surface area (Å²) in [5.74, 6) is 0.171. The van der Waals surface area contributed by atoms with Gasteiger partial charge in [-0.1, -0.05) is 12.1 Å². The molecule has 0 amide bonds. The molecule has 1 heterocycles. The van der Waals surface area contributed by atoms with Crippen molar-refractivity contribution in [3.8, 4) is 0 Å². The van der Waals surface area contributed by atoms with Gasteiger partial charge in [0, 0.05) is 13.6 Å². The van der Waals surface area contributed by atoms with Crippen molar-refractivity contribution in [2.75, 3.05) is 13.7 Å². The van der Waals surface area contributed by atoms with Gasteiger partial charge in [-0.3, -0.25) is 4.99 Å². The standard InChI is InChI=1S/C18H25N5O4S2/c1-5-27-17(24)15-11(2)22-16(28-15)12(3)23-18(20-4)21-10-13-6-8-14(9-7-13)29(19,25)26/h6-9,12H,5,10H2,1-4H3,(H2,19,25,26)(H2,20,21,23). The third kappa shape index (κ3) is 6.24. The van der Waals surface area contributed by atoms with E-state index in [1.54, 1.807) is 33.0 Å². The predicted octanol–water partition coefficient (Wildman–Crippen LogP) is 1.70. The van der Waals surface area contributed by atoms with E-state index in [0.717, 1.165) is 10.6 Å². The number of nitrogens with one attached hydrogen (secondary N) is 2. The number of nitrogens with two attached hydrogens (primary N) is 1. The minimum atomic E-state index is -3.71. The lowest BCUT2D eigenvalue weighted by atomic mass is 10.2. The molecule has 1 aromatic heterocycles. The van der Waals surface area contributed by atoms with Crippen molar-refractivity contribution in [1.29, 1.82) is 0 Å². The third-order valence-corrected chi connectivity index (χ3v) is 6.18. The molecule has 0 spiro atoms. The van der Waals surface area contributed by atoms with Crippen LogP contribution in [0.25, 0.3) is 0 Å². The summed E-state index contributed by atoms with van der Waals surface area (Å²) in [6.07, 6.45) is 0. The van der Waals surface area contributed by atoms with Crippen molar-refractivity contribution in [1.82, 2.24) is 15.6 Å². The number of aryl methyl sites for hydroxylation is 1. The second-order valence-electron chi connectivity index (χ2n) is 6.17. The summed E-state index contributed by atoms with van der Waals surface area (Å²) in [5.41, 5.74) is 1.50. The Morgan fingerprint density at radius 2 is 2.00 bits per heavy atom. The minimum Gasteiger partial charge on any atom is -0.462 e. The summed E-state index contributed by atoms with van der Waals surface area (Å²) in [4.78, 5) is 21.2. The molecule has 2 aromatic rings. The molecule has 0 saturated heterocycles. The number of rotatable bonds is 7. The first-order valence-corrected chi connectivity index (χ1v) is 11.2. The lowest BCUT2D eigenvalue weighted by Crippen LogP contribution is -2.38. The molecule has 0 radical (unpaired) electrons. The quantitative estimate of drug-likeness (QED) is 0.339. The normalized spacial score (nSPS) is 13.1. The number of hydrogen-bond acceptors (Lipinski definition) is 7. The number of aliphatic imine (C=N–C) groups is 1. The van der Waals surface area contributed by atoms with Gasteiger partial charge >= 0.3 is 5.97 Å². The van der Waals surface area contributed by atoms with Crippen LogP contribution in [-0.4, -0.2) is 39.0 Å². The first-order valence-electron chi connectivity index (χ1n) is 8.89. The van der Waals surface area contributed by atoms with E-state index >= 15 is 0 Å². The summed E-state index contributed by atoms with van der Waals surface area (Å²) < 4.78 is 27.7. The Morgan fingerprint density at radius 3 is 2.55 bits per heavy atom. The van der Waals surface area contributed by atoms with Gasteiger partial charge in [0.15, 0.2) is 5.96 Å². The van der Waals surface area contributed by atoms with Crippen molar-refractivity contribution in [3.63, 3.8) is 0 Å². The van der Waals surface area contributed by atoms with E-state index in [2.05, 4.69) is 20.6 Å². The first-order chi connectivity index (χ1) is 13.7. The maximum Gasteiger partial charge on any atom is 0.350 e. The van der Waals surface area contributed by atoms with Crippen LogP contribution < -0.4 is 15.8 Å². The van der Waals surface area contributed by atoms with Gasteiger partial charge < -0.3 is 15.4 Å². The molecule has 0 aliphatic rings. The van der Waals surface area contributed by atoms with Gasteiger partial charge in [0.2, 0.25) is 10.0 Å². The van der Waals surface area contributed by atoms with Gasteiger partial charge in [-0.05, 0) is 38.5 Å². The summed E-state index contributed by atoms with van der Waals surface area (Å²) in [5, 5.41) is 12.2. The van der Waals surface area contributed by atoms with Crippen LogP contribution in [0.3, 0.4) is 0 Å². The fourth-order valence-electron chi connectivity index (χ4n) is 2.43.